The average molecular weight is 489 g/mol. The molecule has 4 aromatic rings. The van der Waals surface area contributed by atoms with Gasteiger partial charge in [-0.3, -0.25) is 9.97 Å². The second-order valence-electron chi connectivity index (χ2n) is 6.47. The zero-order chi connectivity index (χ0) is 25.9. The third-order valence-electron chi connectivity index (χ3n) is 3.91. The van der Waals surface area contributed by atoms with Crippen molar-refractivity contribution in [2.45, 2.75) is 24.4 Å². The molecule has 0 spiro atoms. The van der Waals surface area contributed by atoms with E-state index in [9.17, 15) is 4.79 Å². The van der Waals surface area contributed by atoms with Crippen molar-refractivity contribution in [3.63, 3.8) is 0 Å². The summed E-state index contributed by atoms with van der Waals surface area (Å²) in [6, 6.07) is 11.6. The van der Waals surface area contributed by atoms with Crippen molar-refractivity contribution in [3.8, 4) is 11.4 Å². The van der Waals surface area contributed by atoms with Gasteiger partial charge >= 0.3 is 5.97 Å². The molecule has 4 rings (SSSR count). The van der Waals surface area contributed by atoms with E-state index in [2.05, 4.69) is 29.9 Å². The third-order valence-corrected chi connectivity index (χ3v) is 3.91. The maximum atomic E-state index is 10.1. The van der Waals surface area contributed by atoms with E-state index in [4.69, 9.17) is 30.6 Å². The molecule has 0 saturated carbocycles. The summed E-state index contributed by atoms with van der Waals surface area (Å²) in [5, 5.41) is 51.8. The van der Waals surface area contributed by atoms with E-state index < -0.39 is 37.0 Å². The number of nitrogens with zero attached hydrogens (tertiary/aromatic N) is 4. The van der Waals surface area contributed by atoms with Gasteiger partial charge in [-0.15, -0.1) is 0 Å². The Morgan fingerprint density at radius 3 is 1.51 bits per heavy atom. The summed E-state index contributed by atoms with van der Waals surface area (Å²) in [6.07, 6.45) is 5.87. The number of carboxylic acid groups (broad SMARTS) is 1. The van der Waals surface area contributed by atoms with Crippen LogP contribution in [0.2, 0.25) is 0 Å². The van der Waals surface area contributed by atoms with Gasteiger partial charge < -0.3 is 40.6 Å². The average Bonchev–Trinajstić information content (AvgIpc) is 3.68. The van der Waals surface area contributed by atoms with E-state index in [1.54, 1.807) is 49.8 Å². The van der Waals surface area contributed by atoms with E-state index in [0.717, 1.165) is 11.4 Å². The molecule has 4 heterocycles. The minimum absolute atomic E-state index is 0.843. The lowest BCUT2D eigenvalue weighted by atomic mass is 10.0. The van der Waals surface area contributed by atoms with Crippen LogP contribution in [0.1, 0.15) is 0 Å². The first-order valence-corrected chi connectivity index (χ1v) is 10.1. The van der Waals surface area contributed by atoms with Gasteiger partial charge in [0.1, 0.15) is 18.3 Å². The molecule has 0 radical (unpaired) electrons. The van der Waals surface area contributed by atoms with Crippen molar-refractivity contribution >= 4 is 5.97 Å². The lowest BCUT2D eigenvalue weighted by Crippen LogP contribution is -2.48. The first kappa shape index (κ1) is 29.0. The van der Waals surface area contributed by atoms with E-state index in [1.807, 2.05) is 36.4 Å². The van der Waals surface area contributed by atoms with Gasteiger partial charge in [0.15, 0.2) is 6.10 Å². The van der Waals surface area contributed by atoms with Crippen molar-refractivity contribution in [1.82, 2.24) is 29.9 Å². The Hall–Kier alpha value is -4.01. The van der Waals surface area contributed by atoms with Crippen LogP contribution in [0.3, 0.4) is 0 Å². The number of aliphatic carboxylic acids is 1. The normalized spacial score (nSPS) is 13.2. The topological polar surface area (TPSA) is 222 Å². The summed E-state index contributed by atoms with van der Waals surface area (Å²) in [5.41, 5.74) is 1.83. The molecule has 13 heteroatoms. The second kappa shape index (κ2) is 17.5. The summed E-state index contributed by atoms with van der Waals surface area (Å²) >= 11 is 0. The molecule has 4 atom stereocenters. The van der Waals surface area contributed by atoms with E-state index in [-0.39, 0.29) is 0 Å². The van der Waals surface area contributed by atoms with E-state index >= 15 is 0 Å². The fourth-order valence-corrected chi connectivity index (χ4v) is 2.13. The molecule has 0 saturated heterocycles. The second-order valence-corrected chi connectivity index (χ2v) is 6.47. The molecular weight excluding hydrogens is 460 g/mol. The molecule has 13 nitrogen and oxygen atoms in total. The Labute approximate surface area is 200 Å². The number of rotatable bonds is 6. The highest BCUT2D eigenvalue weighted by Crippen LogP contribution is 2.11. The van der Waals surface area contributed by atoms with Gasteiger partial charge in [0.05, 0.1) is 30.6 Å². The SMILES string of the molecule is O=C(O)C(O)C(O)C(O)C(O)CO.c1c[nH]cn1.c1c[nH]cn1.c1ccc(-c2ccccn2)nc1. The molecule has 35 heavy (non-hydrogen) atoms. The van der Waals surface area contributed by atoms with Crippen LogP contribution in [0.15, 0.2) is 86.2 Å². The van der Waals surface area contributed by atoms with Crippen LogP contribution in [0.4, 0.5) is 0 Å². The smallest absolute Gasteiger partial charge is 0.335 e. The molecule has 0 fully saturated rings. The maximum Gasteiger partial charge on any atom is 0.335 e. The zero-order valence-corrected chi connectivity index (χ0v) is 18.5. The molecular formula is C22H28N6O7. The van der Waals surface area contributed by atoms with Gasteiger partial charge in [-0.25, -0.2) is 14.8 Å². The summed E-state index contributed by atoms with van der Waals surface area (Å²) in [7, 11) is 0. The number of nitrogens with one attached hydrogen (secondary N) is 2. The molecule has 4 unspecified atom stereocenters. The number of hydrogen-bond donors (Lipinski definition) is 8. The first-order chi connectivity index (χ1) is 16.9. The molecule has 0 bridgehead atoms. The van der Waals surface area contributed by atoms with Crippen molar-refractivity contribution in [2.75, 3.05) is 6.61 Å². The Bertz CT molecular complexity index is 894. The van der Waals surface area contributed by atoms with Gasteiger partial charge in [0, 0.05) is 37.2 Å². The van der Waals surface area contributed by atoms with Crippen LogP contribution in [-0.4, -0.2) is 97.5 Å². The van der Waals surface area contributed by atoms with Crippen LogP contribution >= 0.6 is 0 Å². The third kappa shape index (κ3) is 12.1. The van der Waals surface area contributed by atoms with Crippen LogP contribution in [0.5, 0.6) is 0 Å². The summed E-state index contributed by atoms with van der Waals surface area (Å²) in [6.45, 7) is -0.843. The fraction of sp³-hybridized carbons (Fsp3) is 0.227. The lowest BCUT2D eigenvalue weighted by Gasteiger charge is -2.23. The number of carbonyl (C=O) groups is 1. The predicted octanol–water partition coefficient (Wildman–Crippen LogP) is -0.530. The minimum atomic E-state index is -2.20. The number of pyridine rings is 2. The van der Waals surface area contributed by atoms with Gasteiger partial charge in [0.2, 0.25) is 0 Å². The van der Waals surface area contributed by atoms with Gasteiger partial charge in [0.25, 0.3) is 0 Å². The number of aromatic nitrogens is 6. The number of hydrogen-bond acceptors (Lipinski definition) is 10. The van der Waals surface area contributed by atoms with Crippen molar-refractivity contribution in [1.29, 1.82) is 0 Å². The Morgan fingerprint density at radius 2 is 1.26 bits per heavy atom. The summed E-state index contributed by atoms with van der Waals surface area (Å²) in [4.78, 5) is 31.3. The van der Waals surface area contributed by atoms with Crippen molar-refractivity contribution in [3.05, 3.63) is 86.2 Å². The van der Waals surface area contributed by atoms with Crippen molar-refractivity contribution < 1.29 is 35.4 Å². The quantitative estimate of drug-likeness (QED) is 0.172. The molecule has 0 aliphatic carbocycles. The van der Waals surface area contributed by atoms with E-state index in [0.29, 0.717) is 0 Å². The molecule has 188 valence electrons. The summed E-state index contributed by atoms with van der Waals surface area (Å²) in [5.74, 6) is -1.73. The number of aliphatic hydroxyl groups excluding tert-OH is 5. The lowest BCUT2D eigenvalue weighted by molar-refractivity contribution is -0.164. The number of imidazole rings is 2. The van der Waals surface area contributed by atoms with Crippen LogP contribution in [0.25, 0.3) is 11.4 Å². The zero-order valence-electron chi connectivity index (χ0n) is 18.5. The largest absolute Gasteiger partial charge is 0.479 e. The monoisotopic (exact) mass is 488 g/mol. The number of aliphatic hydroxyl groups is 5. The van der Waals surface area contributed by atoms with E-state index in [1.165, 1.54) is 0 Å². The number of aromatic amines is 2. The highest BCUT2D eigenvalue weighted by Gasteiger charge is 2.33. The van der Waals surface area contributed by atoms with Crippen molar-refractivity contribution in [2.24, 2.45) is 0 Å². The number of H-pyrrole nitrogens is 2. The first-order valence-electron chi connectivity index (χ1n) is 10.1. The van der Waals surface area contributed by atoms with Crippen LogP contribution < -0.4 is 0 Å². The number of carboxylic acids is 1. The van der Waals surface area contributed by atoms with Crippen LogP contribution in [-0.2, 0) is 4.79 Å². The molecule has 0 aliphatic heterocycles. The molecule has 4 aromatic heterocycles. The highest BCUT2D eigenvalue weighted by molar-refractivity contribution is 5.72. The summed E-state index contributed by atoms with van der Waals surface area (Å²) < 4.78 is 0. The standard InChI is InChI=1S/C10H8N2.C6H12O7.2C3H4N2/c1-3-7-11-9(5-1)10-6-2-4-8-12-10;7-1-2(8)3(9)4(10)5(11)6(12)13;2*1-2-5-3-4-1/h1-8H;2-5,7-11H,1H2,(H,12,13);2*1-3H,(H,4,5). The van der Waals surface area contributed by atoms with Gasteiger partial charge in [-0.2, -0.15) is 0 Å². The minimum Gasteiger partial charge on any atom is -0.479 e. The highest BCUT2D eigenvalue weighted by atomic mass is 16.4. The molecule has 0 aliphatic rings. The Morgan fingerprint density at radius 1 is 0.771 bits per heavy atom. The van der Waals surface area contributed by atoms with Gasteiger partial charge in [-0.05, 0) is 24.3 Å². The Balaban J connectivity index is 0.000000253. The predicted molar refractivity (Wildman–Crippen MR) is 123 cm³/mol. The van der Waals surface area contributed by atoms with Crippen LogP contribution in [0, 0.1) is 0 Å². The molecule has 0 aromatic carbocycles. The maximum absolute atomic E-state index is 10.1. The molecule has 0 amide bonds. The van der Waals surface area contributed by atoms with Gasteiger partial charge in [-0.1, -0.05) is 12.1 Å². The fourth-order valence-electron chi connectivity index (χ4n) is 2.13. The Kier molecular flexibility index (Phi) is 14.5. The molecule has 8 N–H and O–H groups in total.